The molecular weight excluding hydrogens is 257 g/mol. The second kappa shape index (κ2) is 4.50. The van der Waals surface area contributed by atoms with Crippen molar-refractivity contribution in [3.63, 3.8) is 0 Å². The molecule has 0 atom stereocenters. The van der Waals surface area contributed by atoms with Crippen molar-refractivity contribution in [2.75, 3.05) is 0 Å². The van der Waals surface area contributed by atoms with Crippen molar-refractivity contribution >= 4 is 11.6 Å². The van der Waals surface area contributed by atoms with Gasteiger partial charge in [0.25, 0.3) is 6.43 Å². The molecule has 0 radical (unpaired) electrons. The van der Waals surface area contributed by atoms with E-state index in [0.29, 0.717) is 0 Å². The van der Waals surface area contributed by atoms with Crippen LogP contribution in [0.1, 0.15) is 23.2 Å². The molecule has 16 heavy (non-hydrogen) atoms. The second-order valence-electron chi connectivity index (χ2n) is 2.82. The van der Waals surface area contributed by atoms with E-state index in [2.05, 4.69) is 4.98 Å². The maximum atomic E-state index is 12.4. The maximum Gasteiger partial charge on any atom is 0.416 e. The molecule has 1 heterocycles. The topological polar surface area (TPSA) is 33.1 Å². The highest BCUT2D eigenvalue weighted by atomic mass is 35.5. The zero-order valence-electron chi connectivity index (χ0n) is 7.52. The van der Waals surface area contributed by atoms with Crippen LogP contribution in [0.4, 0.5) is 22.0 Å². The maximum absolute atomic E-state index is 12.4. The van der Waals surface area contributed by atoms with Crippen LogP contribution in [-0.4, -0.2) is 10.1 Å². The SMILES string of the molecule is OCc1c(C(F)(F)F)cc(C(F)F)nc1Cl. The third kappa shape index (κ3) is 2.59. The molecule has 0 bridgehead atoms. The average molecular weight is 262 g/mol. The molecule has 0 saturated carbocycles. The van der Waals surface area contributed by atoms with Crippen LogP contribution >= 0.6 is 11.6 Å². The lowest BCUT2D eigenvalue weighted by Gasteiger charge is -2.13. The number of hydrogen-bond acceptors (Lipinski definition) is 2. The Morgan fingerprint density at radius 3 is 2.31 bits per heavy atom. The minimum absolute atomic E-state index is 0.183. The van der Waals surface area contributed by atoms with Gasteiger partial charge in [0, 0.05) is 5.56 Å². The monoisotopic (exact) mass is 261 g/mol. The molecule has 90 valence electrons. The van der Waals surface area contributed by atoms with Gasteiger partial charge in [0.15, 0.2) is 0 Å². The number of alkyl halides is 5. The molecule has 0 saturated heterocycles. The van der Waals surface area contributed by atoms with Gasteiger partial charge in [-0.15, -0.1) is 0 Å². The Morgan fingerprint density at radius 1 is 1.38 bits per heavy atom. The first kappa shape index (κ1) is 13.1. The predicted molar refractivity (Wildman–Crippen MR) is 45.1 cm³/mol. The molecule has 0 unspecified atom stereocenters. The van der Waals surface area contributed by atoms with Gasteiger partial charge in [-0.2, -0.15) is 13.2 Å². The van der Waals surface area contributed by atoms with Gasteiger partial charge in [0.1, 0.15) is 10.8 Å². The first-order chi connectivity index (χ1) is 7.27. The van der Waals surface area contributed by atoms with Crippen LogP contribution < -0.4 is 0 Å². The summed E-state index contributed by atoms with van der Waals surface area (Å²) in [5.41, 5.74) is -3.18. The van der Waals surface area contributed by atoms with E-state index in [1.54, 1.807) is 0 Å². The van der Waals surface area contributed by atoms with Crippen LogP contribution in [0.2, 0.25) is 5.15 Å². The summed E-state index contributed by atoms with van der Waals surface area (Å²) in [5.74, 6) is 0. The number of nitrogens with zero attached hydrogens (tertiary/aromatic N) is 1. The number of aliphatic hydroxyl groups excluding tert-OH is 1. The van der Waals surface area contributed by atoms with E-state index >= 15 is 0 Å². The van der Waals surface area contributed by atoms with Gasteiger partial charge in [-0.25, -0.2) is 13.8 Å². The highest BCUT2D eigenvalue weighted by Crippen LogP contribution is 2.36. The van der Waals surface area contributed by atoms with Crippen molar-refractivity contribution in [3.8, 4) is 0 Å². The Balaban J connectivity index is 3.43. The van der Waals surface area contributed by atoms with Crippen molar-refractivity contribution in [2.24, 2.45) is 0 Å². The minimum atomic E-state index is -4.87. The van der Waals surface area contributed by atoms with Crippen LogP contribution in [0.5, 0.6) is 0 Å². The third-order valence-corrected chi connectivity index (χ3v) is 2.09. The molecule has 1 aromatic rings. The second-order valence-corrected chi connectivity index (χ2v) is 3.18. The van der Waals surface area contributed by atoms with Crippen molar-refractivity contribution in [1.29, 1.82) is 0 Å². The molecule has 1 aromatic heterocycles. The lowest BCUT2D eigenvalue weighted by atomic mass is 10.1. The smallest absolute Gasteiger partial charge is 0.392 e. The fourth-order valence-corrected chi connectivity index (χ4v) is 1.33. The van der Waals surface area contributed by atoms with E-state index in [1.807, 2.05) is 0 Å². The molecule has 0 amide bonds. The van der Waals surface area contributed by atoms with E-state index in [1.165, 1.54) is 0 Å². The first-order valence-electron chi connectivity index (χ1n) is 3.93. The zero-order valence-corrected chi connectivity index (χ0v) is 8.28. The summed E-state index contributed by atoms with van der Waals surface area (Å²) in [4.78, 5) is 3.07. The summed E-state index contributed by atoms with van der Waals surface area (Å²) in [6.07, 6.45) is -8.03. The molecule has 1 rings (SSSR count). The Bertz CT molecular complexity index is 393. The Morgan fingerprint density at radius 2 is 1.94 bits per heavy atom. The molecule has 0 aliphatic rings. The molecule has 1 N–H and O–H groups in total. The minimum Gasteiger partial charge on any atom is -0.392 e. The van der Waals surface area contributed by atoms with Gasteiger partial charge in [-0.3, -0.25) is 0 Å². The highest BCUT2D eigenvalue weighted by molar-refractivity contribution is 6.30. The highest BCUT2D eigenvalue weighted by Gasteiger charge is 2.35. The molecule has 0 aliphatic heterocycles. The third-order valence-electron chi connectivity index (χ3n) is 1.78. The quantitative estimate of drug-likeness (QED) is 0.655. The van der Waals surface area contributed by atoms with Crippen LogP contribution in [-0.2, 0) is 12.8 Å². The van der Waals surface area contributed by atoms with Crippen LogP contribution in [0, 0.1) is 0 Å². The van der Waals surface area contributed by atoms with Gasteiger partial charge >= 0.3 is 6.18 Å². The van der Waals surface area contributed by atoms with Crippen molar-refractivity contribution in [2.45, 2.75) is 19.2 Å². The Kier molecular flexibility index (Phi) is 3.69. The molecule has 0 spiro atoms. The van der Waals surface area contributed by atoms with Gasteiger partial charge in [0.2, 0.25) is 0 Å². The largest absolute Gasteiger partial charge is 0.416 e. The molecule has 0 fully saturated rings. The van der Waals surface area contributed by atoms with Crippen LogP contribution in [0.15, 0.2) is 6.07 Å². The van der Waals surface area contributed by atoms with Gasteiger partial charge in [0.05, 0.1) is 12.2 Å². The van der Waals surface area contributed by atoms with Crippen molar-refractivity contribution < 1.29 is 27.1 Å². The predicted octanol–water partition coefficient (Wildman–Crippen LogP) is 3.18. The van der Waals surface area contributed by atoms with Crippen LogP contribution in [0.3, 0.4) is 0 Å². The summed E-state index contributed by atoms with van der Waals surface area (Å²) in [7, 11) is 0. The fraction of sp³-hybridized carbons (Fsp3) is 0.375. The van der Waals surface area contributed by atoms with E-state index in [9.17, 15) is 22.0 Å². The molecule has 8 heteroatoms. The molecule has 2 nitrogen and oxygen atoms in total. The van der Waals surface area contributed by atoms with Gasteiger partial charge in [-0.1, -0.05) is 11.6 Å². The molecular formula is C8H5ClF5NO. The first-order valence-corrected chi connectivity index (χ1v) is 4.30. The van der Waals surface area contributed by atoms with Crippen molar-refractivity contribution in [1.82, 2.24) is 4.98 Å². The fourth-order valence-electron chi connectivity index (χ4n) is 1.07. The van der Waals surface area contributed by atoms with E-state index in [4.69, 9.17) is 16.7 Å². The van der Waals surface area contributed by atoms with E-state index in [0.717, 1.165) is 0 Å². The number of pyridine rings is 1. The number of halogens is 6. The summed E-state index contributed by atoms with van der Waals surface area (Å²) in [6, 6.07) is 0.183. The van der Waals surface area contributed by atoms with Crippen LogP contribution in [0.25, 0.3) is 0 Å². The number of rotatable bonds is 2. The summed E-state index contributed by atoms with van der Waals surface area (Å²) < 4.78 is 61.6. The van der Waals surface area contributed by atoms with Gasteiger partial charge < -0.3 is 5.11 Å². The number of aromatic nitrogens is 1. The summed E-state index contributed by atoms with van der Waals surface area (Å²) >= 11 is 5.28. The van der Waals surface area contributed by atoms with Gasteiger partial charge in [-0.05, 0) is 6.07 Å². The number of hydrogen-bond donors (Lipinski definition) is 1. The lowest BCUT2D eigenvalue weighted by Crippen LogP contribution is -2.12. The lowest BCUT2D eigenvalue weighted by molar-refractivity contribution is -0.138. The number of aliphatic hydroxyl groups is 1. The zero-order chi connectivity index (χ0) is 12.5. The molecule has 0 aliphatic carbocycles. The average Bonchev–Trinajstić information content (AvgIpc) is 2.14. The molecule has 0 aromatic carbocycles. The van der Waals surface area contributed by atoms with E-state index < -0.39 is 41.2 Å². The Hall–Kier alpha value is -0.950. The van der Waals surface area contributed by atoms with Crippen molar-refractivity contribution in [3.05, 3.63) is 28.0 Å². The normalized spacial score (nSPS) is 12.2. The Labute approximate surface area is 91.7 Å². The summed E-state index contributed by atoms with van der Waals surface area (Å²) in [6.45, 7) is -1.02. The van der Waals surface area contributed by atoms with E-state index in [-0.39, 0.29) is 6.07 Å². The standard InChI is InChI=1S/C8H5ClF5NO/c9-6-3(2-16)4(8(12,13)14)1-5(15-6)7(10)11/h1,7,16H,2H2. The summed E-state index contributed by atoms with van der Waals surface area (Å²) in [5, 5.41) is 7.91.